The van der Waals surface area contributed by atoms with E-state index in [0.29, 0.717) is 10.6 Å². The van der Waals surface area contributed by atoms with Gasteiger partial charge in [0.15, 0.2) is 0 Å². The van der Waals surface area contributed by atoms with E-state index in [9.17, 15) is 4.39 Å². The number of benzene rings is 2. The third-order valence-corrected chi connectivity index (χ3v) is 2.36. The standard InChI is InChI=1S/C14H8ClF/c15-14-10-13(16)9-8-12(14)7-6-11-4-2-1-3-5-11/h1-5,8-10H. The van der Waals surface area contributed by atoms with E-state index in [2.05, 4.69) is 11.8 Å². The van der Waals surface area contributed by atoms with Gasteiger partial charge in [0.1, 0.15) is 5.82 Å². The highest BCUT2D eigenvalue weighted by Gasteiger charge is 1.97. The summed E-state index contributed by atoms with van der Waals surface area (Å²) < 4.78 is 12.8. The first-order valence-electron chi connectivity index (χ1n) is 4.78. The minimum absolute atomic E-state index is 0.337. The Morgan fingerprint density at radius 2 is 1.69 bits per heavy atom. The molecule has 2 rings (SSSR count). The largest absolute Gasteiger partial charge is 0.207 e. The Morgan fingerprint density at radius 1 is 0.938 bits per heavy atom. The van der Waals surface area contributed by atoms with Gasteiger partial charge in [-0.1, -0.05) is 41.6 Å². The van der Waals surface area contributed by atoms with Crippen LogP contribution in [0.1, 0.15) is 11.1 Å². The molecule has 0 aliphatic rings. The maximum atomic E-state index is 12.8. The lowest BCUT2D eigenvalue weighted by molar-refractivity contribution is 0.628. The summed E-state index contributed by atoms with van der Waals surface area (Å²) in [5.74, 6) is 5.52. The molecule has 0 aromatic heterocycles. The highest BCUT2D eigenvalue weighted by Crippen LogP contribution is 2.16. The maximum Gasteiger partial charge on any atom is 0.124 e. The van der Waals surface area contributed by atoms with Crippen LogP contribution >= 0.6 is 11.6 Å². The Hall–Kier alpha value is -1.78. The van der Waals surface area contributed by atoms with E-state index in [-0.39, 0.29) is 5.82 Å². The second kappa shape index (κ2) is 4.83. The summed E-state index contributed by atoms with van der Waals surface area (Å²) in [4.78, 5) is 0. The average Bonchev–Trinajstić information content (AvgIpc) is 2.29. The molecule has 0 saturated carbocycles. The van der Waals surface area contributed by atoms with Gasteiger partial charge in [0.25, 0.3) is 0 Å². The molecule has 0 amide bonds. The summed E-state index contributed by atoms with van der Waals surface area (Å²) in [5.41, 5.74) is 1.54. The fraction of sp³-hybridized carbons (Fsp3) is 0. The van der Waals surface area contributed by atoms with Crippen molar-refractivity contribution in [3.63, 3.8) is 0 Å². The van der Waals surface area contributed by atoms with Crippen molar-refractivity contribution < 1.29 is 4.39 Å². The Morgan fingerprint density at radius 3 is 2.38 bits per heavy atom. The second-order valence-electron chi connectivity index (χ2n) is 3.24. The van der Waals surface area contributed by atoms with Crippen LogP contribution in [0.15, 0.2) is 48.5 Å². The van der Waals surface area contributed by atoms with Crippen LogP contribution in [0, 0.1) is 17.7 Å². The summed E-state index contributed by atoms with van der Waals surface area (Å²) >= 11 is 5.85. The molecule has 0 saturated heterocycles. The molecule has 0 aliphatic carbocycles. The van der Waals surface area contributed by atoms with E-state index in [1.54, 1.807) is 6.07 Å². The normalized spacial score (nSPS) is 9.38. The quantitative estimate of drug-likeness (QED) is 0.603. The van der Waals surface area contributed by atoms with E-state index in [0.717, 1.165) is 5.56 Å². The minimum atomic E-state index is -0.352. The molecular weight excluding hydrogens is 223 g/mol. The highest BCUT2D eigenvalue weighted by molar-refractivity contribution is 6.31. The summed E-state index contributed by atoms with van der Waals surface area (Å²) in [6.07, 6.45) is 0. The fourth-order valence-electron chi connectivity index (χ4n) is 1.25. The van der Waals surface area contributed by atoms with Gasteiger partial charge in [0.05, 0.1) is 5.02 Å². The molecule has 78 valence electrons. The number of halogens is 2. The zero-order valence-corrected chi connectivity index (χ0v) is 9.13. The van der Waals surface area contributed by atoms with Crippen LogP contribution < -0.4 is 0 Å². The first-order chi connectivity index (χ1) is 7.75. The Bertz CT molecular complexity index is 550. The minimum Gasteiger partial charge on any atom is -0.207 e. The van der Waals surface area contributed by atoms with Crippen LogP contribution in [0.25, 0.3) is 0 Å². The maximum absolute atomic E-state index is 12.8. The topological polar surface area (TPSA) is 0 Å². The first-order valence-corrected chi connectivity index (χ1v) is 5.15. The molecular formula is C14H8ClF. The van der Waals surface area contributed by atoms with E-state index in [4.69, 9.17) is 11.6 Å². The Balaban J connectivity index is 2.31. The Labute approximate surface area is 98.7 Å². The molecule has 0 radical (unpaired) electrons. The molecule has 2 heteroatoms. The molecule has 16 heavy (non-hydrogen) atoms. The van der Waals surface area contributed by atoms with E-state index < -0.39 is 0 Å². The summed E-state index contributed by atoms with van der Waals surface area (Å²) in [6.45, 7) is 0. The second-order valence-corrected chi connectivity index (χ2v) is 3.65. The third kappa shape index (κ3) is 2.62. The number of hydrogen-bond donors (Lipinski definition) is 0. The number of rotatable bonds is 0. The van der Waals surface area contributed by atoms with Crippen LogP contribution in [-0.4, -0.2) is 0 Å². The zero-order chi connectivity index (χ0) is 11.4. The van der Waals surface area contributed by atoms with Crippen LogP contribution in [0.5, 0.6) is 0 Å². The van der Waals surface area contributed by atoms with Gasteiger partial charge in [-0.3, -0.25) is 0 Å². The summed E-state index contributed by atoms with van der Waals surface area (Å²) in [6, 6.07) is 13.8. The van der Waals surface area contributed by atoms with E-state index in [1.165, 1.54) is 12.1 Å². The predicted octanol–water partition coefficient (Wildman–Crippen LogP) is 3.88. The SMILES string of the molecule is Fc1ccc(C#Cc2ccccc2)c(Cl)c1. The molecule has 0 N–H and O–H groups in total. The lowest BCUT2D eigenvalue weighted by Crippen LogP contribution is -1.80. The molecule has 0 spiro atoms. The van der Waals surface area contributed by atoms with Crippen molar-refractivity contribution in [2.75, 3.05) is 0 Å². The van der Waals surface area contributed by atoms with Gasteiger partial charge in [-0.2, -0.15) is 0 Å². The van der Waals surface area contributed by atoms with Crippen molar-refractivity contribution in [1.29, 1.82) is 0 Å². The van der Waals surface area contributed by atoms with Crippen molar-refractivity contribution in [2.24, 2.45) is 0 Å². The predicted molar refractivity (Wildman–Crippen MR) is 63.8 cm³/mol. The summed E-state index contributed by atoms with van der Waals surface area (Å²) in [7, 11) is 0. The van der Waals surface area contributed by atoms with Gasteiger partial charge in [0.2, 0.25) is 0 Å². The first kappa shape index (κ1) is 10.7. The number of hydrogen-bond acceptors (Lipinski definition) is 0. The molecule has 2 aromatic carbocycles. The van der Waals surface area contributed by atoms with Crippen molar-refractivity contribution in [3.8, 4) is 11.8 Å². The smallest absolute Gasteiger partial charge is 0.124 e. The highest BCUT2D eigenvalue weighted by atomic mass is 35.5. The van der Waals surface area contributed by atoms with Crippen LogP contribution in [-0.2, 0) is 0 Å². The molecule has 0 bridgehead atoms. The molecule has 0 fully saturated rings. The van der Waals surface area contributed by atoms with E-state index in [1.807, 2.05) is 30.3 Å². The molecule has 0 heterocycles. The van der Waals surface area contributed by atoms with E-state index >= 15 is 0 Å². The average molecular weight is 231 g/mol. The Kier molecular flexibility index (Phi) is 3.24. The van der Waals surface area contributed by atoms with Crippen molar-refractivity contribution in [2.45, 2.75) is 0 Å². The lowest BCUT2D eigenvalue weighted by atomic mass is 10.2. The molecule has 0 unspecified atom stereocenters. The molecule has 0 aliphatic heterocycles. The third-order valence-electron chi connectivity index (χ3n) is 2.05. The van der Waals surface area contributed by atoms with Crippen LogP contribution in [0.4, 0.5) is 4.39 Å². The van der Waals surface area contributed by atoms with Crippen molar-refractivity contribution in [1.82, 2.24) is 0 Å². The zero-order valence-electron chi connectivity index (χ0n) is 8.37. The molecule has 0 nitrogen and oxygen atoms in total. The van der Waals surface area contributed by atoms with Crippen LogP contribution in [0.2, 0.25) is 5.02 Å². The van der Waals surface area contributed by atoms with Gasteiger partial charge in [-0.25, -0.2) is 4.39 Å². The van der Waals surface area contributed by atoms with Crippen molar-refractivity contribution in [3.05, 3.63) is 70.5 Å². The van der Waals surface area contributed by atoms with Crippen molar-refractivity contribution >= 4 is 11.6 Å². The van der Waals surface area contributed by atoms with Gasteiger partial charge < -0.3 is 0 Å². The van der Waals surface area contributed by atoms with Gasteiger partial charge in [-0.15, -0.1) is 0 Å². The van der Waals surface area contributed by atoms with Gasteiger partial charge in [0, 0.05) is 11.1 Å². The summed E-state index contributed by atoms with van der Waals surface area (Å²) in [5, 5.41) is 0.337. The monoisotopic (exact) mass is 230 g/mol. The lowest BCUT2D eigenvalue weighted by Gasteiger charge is -1.94. The fourth-order valence-corrected chi connectivity index (χ4v) is 1.47. The van der Waals surface area contributed by atoms with Gasteiger partial charge >= 0.3 is 0 Å². The van der Waals surface area contributed by atoms with Gasteiger partial charge in [-0.05, 0) is 30.3 Å². The van der Waals surface area contributed by atoms with Crippen LogP contribution in [0.3, 0.4) is 0 Å². The molecule has 2 aromatic rings. The molecule has 0 atom stereocenters.